The molecule has 3 aromatic rings. The summed E-state index contributed by atoms with van der Waals surface area (Å²) in [5, 5.41) is 8.15. The molecule has 0 saturated heterocycles. The lowest BCUT2D eigenvalue weighted by atomic mass is 10.3. The van der Waals surface area contributed by atoms with Crippen molar-refractivity contribution in [2.75, 3.05) is 5.88 Å². The smallest absolute Gasteiger partial charge is 0.217 e. The molecule has 0 bridgehead atoms. The van der Waals surface area contributed by atoms with Crippen LogP contribution in [0.2, 0.25) is 0 Å². The Labute approximate surface area is 115 Å². The van der Waals surface area contributed by atoms with Crippen LogP contribution in [0.25, 0.3) is 11.1 Å². The molecule has 0 amide bonds. The van der Waals surface area contributed by atoms with Gasteiger partial charge in [0, 0.05) is 12.1 Å². The Morgan fingerprint density at radius 1 is 1.26 bits per heavy atom. The first kappa shape index (κ1) is 12.2. The van der Waals surface area contributed by atoms with Crippen molar-refractivity contribution in [1.29, 1.82) is 0 Å². The van der Waals surface area contributed by atoms with Gasteiger partial charge in [-0.25, -0.2) is 9.67 Å². The summed E-state index contributed by atoms with van der Waals surface area (Å²) in [7, 11) is 0. The molecule has 0 aliphatic heterocycles. The zero-order valence-corrected chi connectivity index (χ0v) is 11.0. The highest BCUT2D eigenvalue weighted by molar-refractivity contribution is 6.17. The number of alkyl halides is 1. The molecule has 0 spiro atoms. The van der Waals surface area contributed by atoms with E-state index in [9.17, 15) is 0 Å². The number of para-hydroxylation sites is 2. The molecule has 0 N–H and O–H groups in total. The molecule has 0 radical (unpaired) electrons. The van der Waals surface area contributed by atoms with E-state index in [0.29, 0.717) is 18.3 Å². The van der Waals surface area contributed by atoms with Crippen molar-refractivity contribution >= 4 is 22.7 Å². The number of hydrogen-bond acceptors (Lipinski definition) is 4. The van der Waals surface area contributed by atoms with E-state index >= 15 is 0 Å². The second-order valence-electron chi connectivity index (χ2n) is 4.28. The van der Waals surface area contributed by atoms with Crippen LogP contribution in [0, 0.1) is 0 Å². The van der Waals surface area contributed by atoms with Gasteiger partial charge in [0.05, 0.1) is 5.69 Å². The van der Waals surface area contributed by atoms with E-state index < -0.39 is 0 Å². The third kappa shape index (κ3) is 2.76. The van der Waals surface area contributed by atoms with Gasteiger partial charge in [-0.2, -0.15) is 0 Å². The third-order valence-corrected chi connectivity index (χ3v) is 3.06. The summed E-state index contributed by atoms with van der Waals surface area (Å²) in [4.78, 5) is 4.40. The van der Waals surface area contributed by atoms with E-state index in [2.05, 4.69) is 15.3 Å². The fourth-order valence-electron chi connectivity index (χ4n) is 1.90. The van der Waals surface area contributed by atoms with E-state index in [1.54, 1.807) is 4.68 Å². The first-order chi connectivity index (χ1) is 9.35. The van der Waals surface area contributed by atoms with Gasteiger partial charge < -0.3 is 4.42 Å². The number of rotatable bonds is 5. The predicted molar refractivity (Wildman–Crippen MR) is 72.2 cm³/mol. The maximum absolute atomic E-state index is 5.65. The van der Waals surface area contributed by atoms with Crippen LogP contribution in [0.4, 0.5) is 0 Å². The number of nitrogens with zero attached hydrogens (tertiary/aromatic N) is 4. The number of aromatic nitrogens is 4. The van der Waals surface area contributed by atoms with Crippen molar-refractivity contribution in [3.8, 4) is 0 Å². The molecule has 0 aliphatic carbocycles. The minimum absolute atomic E-state index is 0.489. The topological polar surface area (TPSA) is 56.7 Å². The van der Waals surface area contributed by atoms with Gasteiger partial charge in [-0.3, -0.25) is 0 Å². The van der Waals surface area contributed by atoms with E-state index in [1.807, 2.05) is 30.5 Å². The van der Waals surface area contributed by atoms with E-state index in [0.717, 1.165) is 29.6 Å². The van der Waals surface area contributed by atoms with Crippen LogP contribution in [-0.2, 0) is 13.0 Å². The molecule has 19 heavy (non-hydrogen) atoms. The Balaban J connectivity index is 1.75. The quantitative estimate of drug-likeness (QED) is 0.672. The number of hydrogen-bond donors (Lipinski definition) is 0. The maximum Gasteiger partial charge on any atom is 0.217 e. The largest absolute Gasteiger partial charge is 0.439 e. The molecule has 0 aliphatic rings. The molecule has 2 heterocycles. The van der Waals surface area contributed by atoms with Gasteiger partial charge in [-0.1, -0.05) is 17.3 Å². The Morgan fingerprint density at radius 2 is 2.16 bits per heavy atom. The average Bonchev–Trinajstić information content (AvgIpc) is 3.02. The first-order valence-corrected chi connectivity index (χ1v) is 6.68. The summed E-state index contributed by atoms with van der Waals surface area (Å²) in [6.07, 6.45) is 3.65. The summed E-state index contributed by atoms with van der Waals surface area (Å²) in [5.74, 6) is 1.27. The summed E-state index contributed by atoms with van der Waals surface area (Å²) >= 11 is 5.65. The van der Waals surface area contributed by atoms with Gasteiger partial charge >= 0.3 is 0 Å². The summed E-state index contributed by atoms with van der Waals surface area (Å²) in [6.45, 7) is 0.489. The molecule has 3 rings (SSSR count). The van der Waals surface area contributed by atoms with Crippen molar-refractivity contribution in [3.63, 3.8) is 0 Å². The van der Waals surface area contributed by atoms with Crippen LogP contribution in [0.1, 0.15) is 18.0 Å². The summed E-state index contributed by atoms with van der Waals surface area (Å²) in [6, 6.07) is 7.69. The second kappa shape index (κ2) is 5.40. The lowest BCUT2D eigenvalue weighted by molar-refractivity contribution is 0.485. The van der Waals surface area contributed by atoms with Crippen molar-refractivity contribution < 1.29 is 4.42 Å². The highest BCUT2D eigenvalue weighted by atomic mass is 35.5. The highest BCUT2D eigenvalue weighted by Crippen LogP contribution is 2.15. The third-order valence-electron chi connectivity index (χ3n) is 2.79. The van der Waals surface area contributed by atoms with Crippen LogP contribution in [0.15, 0.2) is 34.9 Å². The van der Waals surface area contributed by atoms with Crippen molar-refractivity contribution in [3.05, 3.63) is 42.0 Å². The normalized spacial score (nSPS) is 11.2. The molecule has 6 heteroatoms. The number of benzene rings is 1. The molecule has 0 atom stereocenters. The van der Waals surface area contributed by atoms with Crippen molar-refractivity contribution in [2.24, 2.45) is 0 Å². The van der Waals surface area contributed by atoms with Crippen LogP contribution in [0.5, 0.6) is 0 Å². The lowest BCUT2D eigenvalue weighted by Gasteiger charge is -1.93. The Morgan fingerprint density at radius 3 is 3.00 bits per heavy atom. The van der Waals surface area contributed by atoms with E-state index in [-0.39, 0.29) is 0 Å². The number of aryl methyl sites for hydroxylation is 1. The monoisotopic (exact) mass is 276 g/mol. The molecule has 2 aromatic heterocycles. The highest BCUT2D eigenvalue weighted by Gasteiger charge is 2.07. The summed E-state index contributed by atoms with van der Waals surface area (Å²) < 4.78 is 7.37. The predicted octanol–water partition coefficient (Wildman–Crippen LogP) is 2.64. The van der Waals surface area contributed by atoms with E-state index in [4.69, 9.17) is 16.0 Å². The average molecular weight is 277 g/mol. The molecule has 0 saturated carbocycles. The second-order valence-corrected chi connectivity index (χ2v) is 4.65. The van der Waals surface area contributed by atoms with Crippen LogP contribution < -0.4 is 0 Å². The zero-order valence-electron chi connectivity index (χ0n) is 10.3. The summed E-state index contributed by atoms with van der Waals surface area (Å²) in [5.41, 5.74) is 2.59. The van der Waals surface area contributed by atoms with Gasteiger partial charge in [0.2, 0.25) is 5.89 Å². The van der Waals surface area contributed by atoms with Crippen molar-refractivity contribution in [2.45, 2.75) is 19.4 Å². The zero-order chi connectivity index (χ0) is 13.1. The number of halogens is 1. The Bertz CT molecular complexity index is 643. The van der Waals surface area contributed by atoms with Gasteiger partial charge in [0.1, 0.15) is 12.1 Å². The lowest BCUT2D eigenvalue weighted by Crippen LogP contribution is -2.00. The minimum Gasteiger partial charge on any atom is -0.439 e. The molecular formula is C13H13ClN4O. The SMILES string of the molecule is ClCCCc1cn(Cc2nc3ccccc3o2)nn1. The first-order valence-electron chi connectivity index (χ1n) is 6.14. The standard InChI is InChI=1S/C13H13ClN4O/c14-7-3-4-10-8-18(17-16-10)9-13-15-11-5-1-2-6-12(11)19-13/h1-2,5-6,8H,3-4,7,9H2. The van der Waals surface area contributed by atoms with Crippen LogP contribution in [0.3, 0.4) is 0 Å². The molecule has 98 valence electrons. The van der Waals surface area contributed by atoms with Gasteiger partial charge in [0.25, 0.3) is 0 Å². The maximum atomic E-state index is 5.65. The van der Waals surface area contributed by atoms with Crippen LogP contribution in [-0.4, -0.2) is 25.9 Å². The molecule has 5 nitrogen and oxygen atoms in total. The fourth-order valence-corrected chi connectivity index (χ4v) is 2.04. The van der Waals surface area contributed by atoms with Gasteiger partial charge in [0.15, 0.2) is 5.58 Å². The number of oxazole rings is 1. The molecule has 0 unspecified atom stereocenters. The fraction of sp³-hybridized carbons (Fsp3) is 0.308. The van der Waals surface area contributed by atoms with Gasteiger partial charge in [-0.05, 0) is 25.0 Å². The molecular weight excluding hydrogens is 264 g/mol. The van der Waals surface area contributed by atoms with Gasteiger partial charge in [-0.15, -0.1) is 16.7 Å². The Hall–Kier alpha value is -1.88. The Kier molecular flexibility index (Phi) is 3.46. The molecule has 1 aromatic carbocycles. The number of fused-ring (bicyclic) bond motifs is 1. The minimum atomic E-state index is 0.489. The van der Waals surface area contributed by atoms with Crippen molar-refractivity contribution in [1.82, 2.24) is 20.0 Å². The van der Waals surface area contributed by atoms with E-state index in [1.165, 1.54) is 0 Å². The van der Waals surface area contributed by atoms with Crippen LogP contribution >= 0.6 is 11.6 Å². The molecule has 0 fully saturated rings.